The Labute approximate surface area is 157 Å². The predicted octanol–water partition coefficient (Wildman–Crippen LogP) is 2.14. The van der Waals surface area contributed by atoms with Crippen molar-refractivity contribution in [1.29, 1.82) is 0 Å². The van der Waals surface area contributed by atoms with Crippen LogP contribution < -0.4 is 20.3 Å². The molecule has 2 amide bonds. The van der Waals surface area contributed by atoms with Gasteiger partial charge >= 0.3 is 5.97 Å². The van der Waals surface area contributed by atoms with Crippen LogP contribution in [0.1, 0.15) is 41.5 Å². The molecule has 0 unspecified atom stereocenters. The Morgan fingerprint density at radius 2 is 1.69 bits per heavy atom. The van der Waals surface area contributed by atoms with Crippen LogP contribution in [0.3, 0.4) is 0 Å². The van der Waals surface area contributed by atoms with E-state index in [4.69, 9.17) is 14.2 Å². The molecule has 0 atom stereocenters. The quantitative estimate of drug-likeness (QED) is 0.606. The molecular formula is C16H16N2O6S2. The Balaban J connectivity index is 1.78. The minimum atomic E-state index is -0.602. The molecule has 3 heterocycles. The van der Waals surface area contributed by atoms with E-state index >= 15 is 0 Å². The average molecular weight is 396 g/mol. The van der Waals surface area contributed by atoms with Gasteiger partial charge in [-0.25, -0.2) is 4.79 Å². The molecule has 138 valence electrons. The zero-order valence-electron chi connectivity index (χ0n) is 14.0. The lowest BCUT2D eigenvalue weighted by Gasteiger charge is -2.16. The third-order valence-corrected chi connectivity index (χ3v) is 5.57. The number of aryl methyl sites for hydroxylation is 1. The highest BCUT2D eigenvalue weighted by Crippen LogP contribution is 2.44. The first-order valence-electron chi connectivity index (χ1n) is 7.77. The summed E-state index contributed by atoms with van der Waals surface area (Å²) in [5, 5.41) is 1.79. The van der Waals surface area contributed by atoms with E-state index in [-0.39, 0.29) is 41.1 Å². The normalized spacial score (nSPS) is 12.4. The van der Waals surface area contributed by atoms with Crippen LogP contribution in [0, 0.1) is 6.92 Å². The number of carbonyl (C=O) groups is 3. The fourth-order valence-corrected chi connectivity index (χ4v) is 4.06. The van der Waals surface area contributed by atoms with Gasteiger partial charge in [-0.15, -0.1) is 22.7 Å². The van der Waals surface area contributed by atoms with Crippen LogP contribution in [-0.4, -0.2) is 37.6 Å². The van der Waals surface area contributed by atoms with E-state index in [9.17, 15) is 14.4 Å². The first-order chi connectivity index (χ1) is 12.5. The van der Waals surface area contributed by atoms with E-state index in [1.54, 1.807) is 19.2 Å². The molecule has 0 saturated carbocycles. The SMILES string of the molecule is CCOC(=O)c1sc(C(=O)NNC(=O)c2sccc2C)c2c1OCCO2. The fourth-order valence-electron chi connectivity index (χ4n) is 2.26. The van der Waals surface area contributed by atoms with E-state index < -0.39 is 17.8 Å². The maximum atomic E-state index is 12.5. The number of ether oxygens (including phenoxy) is 3. The van der Waals surface area contributed by atoms with Gasteiger partial charge in [-0.05, 0) is 30.9 Å². The summed E-state index contributed by atoms with van der Waals surface area (Å²) in [4.78, 5) is 37.4. The summed E-state index contributed by atoms with van der Waals surface area (Å²) in [6.45, 7) is 4.22. The van der Waals surface area contributed by atoms with Gasteiger partial charge in [0.05, 0.1) is 11.5 Å². The van der Waals surface area contributed by atoms with Crippen molar-refractivity contribution >= 4 is 40.5 Å². The summed E-state index contributed by atoms with van der Waals surface area (Å²) in [5.74, 6) is -1.22. The predicted molar refractivity (Wildman–Crippen MR) is 95.3 cm³/mol. The van der Waals surface area contributed by atoms with Crippen molar-refractivity contribution in [3.05, 3.63) is 31.6 Å². The second-order valence-electron chi connectivity index (χ2n) is 5.18. The fraction of sp³-hybridized carbons (Fsp3) is 0.312. The number of nitrogens with one attached hydrogen (secondary N) is 2. The van der Waals surface area contributed by atoms with E-state index in [0.29, 0.717) is 4.88 Å². The Kier molecular flexibility index (Phi) is 5.43. The number of carbonyl (C=O) groups excluding carboxylic acids is 3. The highest BCUT2D eigenvalue weighted by molar-refractivity contribution is 7.16. The average Bonchev–Trinajstić information content (AvgIpc) is 3.23. The minimum absolute atomic E-state index is 0.131. The number of hydrogen-bond acceptors (Lipinski definition) is 8. The Hall–Kier alpha value is -2.59. The first kappa shape index (κ1) is 18.2. The number of hydrogen-bond donors (Lipinski definition) is 2. The van der Waals surface area contributed by atoms with Gasteiger partial charge in [0.15, 0.2) is 16.4 Å². The van der Waals surface area contributed by atoms with Gasteiger partial charge in [0.1, 0.15) is 18.1 Å². The van der Waals surface area contributed by atoms with Crippen LogP contribution in [-0.2, 0) is 4.74 Å². The molecule has 0 spiro atoms. The molecule has 0 aliphatic carbocycles. The van der Waals surface area contributed by atoms with E-state index in [1.807, 2.05) is 6.07 Å². The highest BCUT2D eigenvalue weighted by Gasteiger charge is 2.32. The van der Waals surface area contributed by atoms with Crippen LogP contribution in [0.25, 0.3) is 0 Å². The number of thiophene rings is 2. The smallest absolute Gasteiger partial charge is 0.352 e. The maximum absolute atomic E-state index is 12.5. The molecule has 3 rings (SSSR count). The van der Waals surface area contributed by atoms with Gasteiger partial charge in [0, 0.05) is 0 Å². The first-order valence-corrected chi connectivity index (χ1v) is 9.46. The molecule has 10 heteroatoms. The number of hydrazine groups is 1. The van der Waals surface area contributed by atoms with Crippen LogP contribution in [0.2, 0.25) is 0 Å². The summed E-state index contributed by atoms with van der Waals surface area (Å²) < 4.78 is 15.9. The van der Waals surface area contributed by atoms with E-state index in [2.05, 4.69) is 10.9 Å². The van der Waals surface area contributed by atoms with Gasteiger partial charge in [0.2, 0.25) is 0 Å². The zero-order chi connectivity index (χ0) is 18.7. The molecule has 0 radical (unpaired) electrons. The molecule has 2 N–H and O–H groups in total. The lowest BCUT2D eigenvalue weighted by atomic mass is 10.3. The van der Waals surface area contributed by atoms with Crippen molar-refractivity contribution in [1.82, 2.24) is 10.9 Å². The van der Waals surface area contributed by atoms with Gasteiger partial charge in [-0.2, -0.15) is 0 Å². The molecule has 1 aliphatic heterocycles. The maximum Gasteiger partial charge on any atom is 0.352 e. The van der Waals surface area contributed by atoms with E-state index in [1.165, 1.54) is 11.3 Å². The molecule has 2 aromatic rings. The lowest BCUT2D eigenvalue weighted by molar-refractivity contribution is 0.0523. The van der Waals surface area contributed by atoms with Crippen molar-refractivity contribution in [3.8, 4) is 11.5 Å². The van der Waals surface area contributed by atoms with Crippen molar-refractivity contribution in [2.45, 2.75) is 13.8 Å². The largest absolute Gasteiger partial charge is 0.484 e. The number of amides is 2. The second-order valence-corrected chi connectivity index (χ2v) is 7.11. The Morgan fingerprint density at radius 1 is 1.08 bits per heavy atom. The lowest BCUT2D eigenvalue weighted by Crippen LogP contribution is -2.41. The molecule has 1 aliphatic rings. The number of esters is 1. The summed E-state index contributed by atoms with van der Waals surface area (Å²) in [6.07, 6.45) is 0. The summed E-state index contributed by atoms with van der Waals surface area (Å²) >= 11 is 2.17. The standard InChI is InChI=1S/C16H16N2O6S2/c1-3-22-16(21)13-10-9(23-5-6-24-10)12(26-13)15(20)18-17-14(19)11-8(2)4-7-25-11/h4,7H,3,5-6H2,1-2H3,(H,17,19)(H,18,20). The molecule has 0 bridgehead atoms. The van der Waals surface area contributed by atoms with Crippen LogP contribution >= 0.6 is 22.7 Å². The molecular weight excluding hydrogens is 380 g/mol. The zero-order valence-corrected chi connectivity index (χ0v) is 15.7. The van der Waals surface area contributed by atoms with Crippen molar-refractivity contribution in [2.75, 3.05) is 19.8 Å². The summed E-state index contributed by atoms with van der Waals surface area (Å²) in [5.41, 5.74) is 5.52. The summed E-state index contributed by atoms with van der Waals surface area (Å²) in [6, 6.07) is 1.81. The Morgan fingerprint density at radius 3 is 2.27 bits per heavy atom. The highest BCUT2D eigenvalue weighted by atomic mass is 32.1. The van der Waals surface area contributed by atoms with Crippen LogP contribution in [0.5, 0.6) is 11.5 Å². The minimum Gasteiger partial charge on any atom is -0.484 e. The topological polar surface area (TPSA) is 103 Å². The molecule has 0 aromatic carbocycles. The second kappa shape index (κ2) is 7.75. The molecule has 2 aromatic heterocycles. The number of fused-ring (bicyclic) bond motifs is 1. The third-order valence-electron chi connectivity index (χ3n) is 3.42. The van der Waals surface area contributed by atoms with Gasteiger partial charge < -0.3 is 14.2 Å². The van der Waals surface area contributed by atoms with Crippen LogP contribution in [0.15, 0.2) is 11.4 Å². The number of rotatable bonds is 4. The van der Waals surface area contributed by atoms with Gasteiger partial charge in [-0.3, -0.25) is 20.4 Å². The third kappa shape index (κ3) is 3.51. The molecule has 8 nitrogen and oxygen atoms in total. The van der Waals surface area contributed by atoms with Crippen molar-refractivity contribution in [3.63, 3.8) is 0 Å². The molecule has 0 fully saturated rings. The summed E-state index contributed by atoms with van der Waals surface area (Å²) in [7, 11) is 0. The monoisotopic (exact) mass is 396 g/mol. The molecule has 0 saturated heterocycles. The van der Waals surface area contributed by atoms with Gasteiger partial charge in [0.25, 0.3) is 11.8 Å². The van der Waals surface area contributed by atoms with Crippen molar-refractivity contribution < 1.29 is 28.6 Å². The van der Waals surface area contributed by atoms with Crippen LogP contribution in [0.4, 0.5) is 0 Å². The van der Waals surface area contributed by atoms with Crippen molar-refractivity contribution in [2.24, 2.45) is 0 Å². The van der Waals surface area contributed by atoms with E-state index in [0.717, 1.165) is 16.9 Å². The Bertz CT molecular complexity index is 857. The van der Waals surface area contributed by atoms with Gasteiger partial charge in [-0.1, -0.05) is 0 Å². The molecule has 26 heavy (non-hydrogen) atoms.